The van der Waals surface area contributed by atoms with Crippen LogP contribution in [0.2, 0.25) is 0 Å². The predicted octanol–water partition coefficient (Wildman–Crippen LogP) is -0.765. The van der Waals surface area contributed by atoms with Gasteiger partial charge in [-0.15, -0.1) is 0 Å². The lowest BCUT2D eigenvalue weighted by Crippen LogP contribution is -2.39. The Morgan fingerprint density at radius 1 is 1.55 bits per heavy atom. The highest BCUT2D eigenvalue weighted by Gasteiger charge is 2.39. The molecule has 1 unspecified atom stereocenters. The summed E-state index contributed by atoms with van der Waals surface area (Å²) in [6, 6.07) is 4.73. The van der Waals surface area contributed by atoms with Crippen LogP contribution in [0.3, 0.4) is 0 Å². The Kier molecular flexibility index (Phi) is 3.68. The molecule has 1 aromatic carbocycles. The molecule has 2 aliphatic heterocycles. The summed E-state index contributed by atoms with van der Waals surface area (Å²) >= 11 is 0. The lowest BCUT2D eigenvalue weighted by Gasteiger charge is -2.27. The number of aliphatic hydroxyl groups is 1. The number of carbonyl (C=O) groups is 2. The van der Waals surface area contributed by atoms with Crippen molar-refractivity contribution in [3.8, 4) is 5.75 Å². The van der Waals surface area contributed by atoms with Gasteiger partial charge >= 0.3 is 0 Å². The molecule has 0 aliphatic carbocycles. The zero-order valence-corrected chi connectivity index (χ0v) is 11.8. The van der Waals surface area contributed by atoms with Gasteiger partial charge in [-0.2, -0.15) is 0 Å². The van der Waals surface area contributed by atoms with Crippen molar-refractivity contribution in [2.75, 3.05) is 13.2 Å². The Labute approximate surface area is 126 Å². The number of guanidine groups is 1. The number of hydrogen-bond donors (Lipinski definition) is 3. The zero-order valence-electron chi connectivity index (χ0n) is 11.8. The number of benzene rings is 1. The van der Waals surface area contributed by atoms with Gasteiger partial charge in [0.1, 0.15) is 18.4 Å². The summed E-state index contributed by atoms with van der Waals surface area (Å²) in [6.07, 6.45) is -0.0547. The van der Waals surface area contributed by atoms with Gasteiger partial charge in [0.25, 0.3) is 0 Å². The minimum atomic E-state index is -0.633. The molecular formula is C14H16N4O4. The maximum atomic E-state index is 11.9. The summed E-state index contributed by atoms with van der Waals surface area (Å²) in [7, 11) is 0. The van der Waals surface area contributed by atoms with Gasteiger partial charge < -0.3 is 20.5 Å². The first-order valence-electron chi connectivity index (χ1n) is 6.89. The molecule has 0 aromatic heterocycles. The van der Waals surface area contributed by atoms with Crippen LogP contribution in [-0.4, -0.2) is 47.0 Å². The van der Waals surface area contributed by atoms with E-state index in [2.05, 4.69) is 10.3 Å². The molecule has 0 bridgehead atoms. The van der Waals surface area contributed by atoms with E-state index in [1.165, 1.54) is 0 Å². The van der Waals surface area contributed by atoms with Gasteiger partial charge in [-0.05, 0) is 18.2 Å². The Morgan fingerprint density at radius 3 is 3.09 bits per heavy atom. The molecule has 3 rings (SSSR count). The molecule has 0 spiro atoms. The first-order chi connectivity index (χ1) is 10.6. The topological polar surface area (TPSA) is 117 Å². The highest BCUT2D eigenvalue weighted by atomic mass is 16.5. The predicted molar refractivity (Wildman–Crippen MR) is 77.4 cm³/mol. The van der Waals surface area contributed by atoms with Crippen molar-refractivity contribution in [3.63, 3.8) is 0 Å². The monoisotopic (exact) mass is 304 g/mol. The average Bonchev–Trinajstić information content (AvgIpc) is 2.77. The summed E-state index contributed by atoms with van der Waals surface area (Å²) in [5.74, 6) is 0.249. The number of nitrogens with one attached hydrogen (secondary N) is 1. The van der Waals surface area contributed by atoms with E-state index in [4.69, 9.17) is 15.6 Å². The van der Waals surface area contributed by atoms with Gasteiger partial charge in [0.15, 0.2) is 0 Å². The molecule has 0 radical (unpaired) electrons. The van der Waals surface area contributed by atoms with E-state index in [-0.39, 0.29) is 25.5 Å². The normalized spacial score (nSPS) is 19.1. The maximum absolute atomic E-state index is 11.9. The zero-order chi connectivity index (χ0) is 15.7. The summed E-state index contributed by atoms with van der Waals surface area (Å²) in [6.45, 7) is 0.577. The minimum absolute atomic E-state index is 0.0547. The van der Waals surface area contributed by atoms with Crippen LogP contribution in [0.1, 0.15) is 12.0 Å². The molecule has 2 amide bonds. The number of nitrogens with zero attached hydrogens (tertiary/aromatic N) is 2. The van der Waals surface area contributed by atoms with Crippen molar-refractivity contribution >= 4 is 23.5 Å². The summed E-state index contributed by atoms with van der Waals surface area (Å²) in [4.78, 5) is 29.2. The largest absolute Gasteiger partial charge is 0.491 e. The number of aliphatic hydroxyl groups excluding tert-OH is 1. The first-order valence-corrected chi connectivity index (χ1v) is 6.89. The number of nitrogens with two attached hydrogens (primary N) is 1. The van der Waals surface area contributed by atoms with E-state index in [0.29, 0.717) is 18.3 Å². The number of primary amides is 1. The quantitative estimate of drug-likeness (QED) is 0.660. The molecule has 0 saturated carbocycles. The standard InChI is InChI=1S/C14H16N4O4/c15-12(20)6-11-13(21)17-14-16-10-2-1-9(22-4-3-19)5-8(10)7-18(11)14/h1-2,5,11,19H,3-4,6-7H2,(H2,15,20)(H,16,17,21). The summed E-state index contributed by atoms with van der Waals surface area (Å²) in [5.41, 5.74) is 6.82. The Morgan fingerprint density at radius 2 is 2.36 bits per heavy atom. The molecule has 2 aliphatic rings. The van der Waals surface area contributed by atoms with Gasteiger partial charge in [-0.25, -0.2) is 4.99 Å². The van der Waals surface area contributed by atoms with Gasteiger partial charge in [0.2, 0.25) is 17.8 Å². The van der Waals surface area contributed by atoms with Gasteiger partial charge in [-0.3, -0.25) is 14.9 Å². The molecule has 8 nitrogen and oxygen atoms in total. The Bertz CT molecular complexity index is 658. The number of hydrogen-bond acceptors (Lipinski definition) is 6. The highest BCUT2D eigenvalue weighted by molar-refractivity contribution is 6.09. The van der Waals surface area contributed by atoms with Crippen LogP contribution in [0.4, 0.5) is 5.69 Å². The number of carbonyl (C=O) groups excluding carboxylic acids is 2. The van der Waals surface area contributed by atoms with Crippen molar-refractivity contribution in [1.29, 1.82) is 0 Å². The summed E-state index contributed by atoms with van der Waals surface area (Å²) < 4.78 is 5.37. The van der Waals surface area contributed by atoms with Crippen LogP contribution in [0, 0.1) is 0 Å². The number of fused-ring (bicyclic) bond motifs is 2. The van der Waals surface area contributed by atoms with Crippen LogP contribution in [-0.2, 0) is 16.1 Å². The van der Waals surface area contributed by atoms with Crippen LogP contribution in [0.5, 0.6) is 5.75 Å². The lowest BCUT2D eigenvalue weighted by atomic mass is 10.1. The molecular weight excluding hydrogens is 288 g/mol. The summed E-state index contributed by atoms with van der Waals surface area (Å²) in [5, 5.41) is 11.5. The molecule has 2 heterocycles. The molecule has 1 aromatic rings. The maximum Gasteiger partial charge on any atom is 0.250 e. The molecule has 1 atom stereocenters. The van der Waals surface area contributed by atoms with E-state index >= 15 is 0 Å². The van der Waals surface area contributed by atoms with Crippen molar-refractivity contribution in [3.05, 3.63) is 23.8 Å². The van der Waals surface area contributed by atoms with Gasteiger partial charge in [-0.1, -0.05) is 0 Å². The van der Waals surface area contributed by atoms with Gasteiger partial charge in [0, 0.05) is 12.1 Å². The Balaban J connectivity index is 1.85. The molecule has 1 saturated heterocycles. The van der Waals surface area contributed by atoms with Crippen molar-refractivity contribution < 1.29 is 19.4 Å². The van der Waals surface area contributed by atoms with E-state index in [0.717, 1.165) is 11.3 Å². The molecule has 1 fully saturated rings. The fourth-order valence-electron chi connectivity index (χ4n) is 2.57. The van der Waals surface area contributed by atoms with E-state index in [1.54, 1.807) is 17.0 Å². The fourth-order valence-corrected chi connectivity index (χ4v) is 2.57. The Hall–Kier alpha value is -2.61. The van der Waals surface area contributed by atoms with Crippen molar-refractivity contribution in [2.45, 2.75) is 19.0 Å². The molecule has 116 valence electrons. The molecule has 8 heteroatoms. The van der Waals surface area contributed by atoms with E-state index in [1.807, 2.05) is 6.07 Å². The fraction of sp³-hybridized carbons (Fsp3) is 0.357. The average molecular weight is 304 g/mol. The number of ether oxygens (including phenoxy) is 1. The van der Waals surface area contributed by atoms with Crippen LogP contribution >= 0.6 is 0 Å². The van der Waals surface area contributed by atoms with Crippen molar-refractivity contribution in [2.24, 2.45) is 10.7 Å². The van der Waals surface area contributed by atoms with E-state index in [9.17, 15) is 9.59 Å². The number of rotatable bonds is 5. The van der Waals surface area contributed by atoms with Crippen LogP contribution in [0.25, 0.3) is 0 Å². The van der Waals surface area contributed by atoms with Gasteiger partial charge in [0.05, 0.1) is 18.7 Å². The van der Waals surface area contributed by atoms with Crippen LogP contribution < -0.4 is 15.8 Å². The molecule has 22 heavy (non-hydrogen) atoms. The van der Waals surface area contributed by atoms with E-state index < -0.39 is 11.9 Å². The third-order valence-electron chi connectivity index (χ3n) is 3.56. The number of amides is 2. The second kappa shape index (κ2) is 5.64. The SMILES string of the molecule is NC(=O)CC1C(=O)NC2=Nc3ccc(OCCO)cc3CN21. The second-order valence-corrected chi connectivity index (χ2v) is 5.10. The van der Waals surface area contributed by atoms with Crippen molar-refractivity contribution in [1.82, 2.24) is 10.2 Å². The highest BCUT2D eigenvalue weighted by Crippen LogP contribution is 2.32. The van der Waals surface area contributed by atoms with Crippen LogP contribution in [0.15, 0.2) is 23.2 Å². The lowest BCUT2D eigenvalue weighted by molar-refractivity contribution is -0.126. The first kappa shape index (κ1) is 14.3. The number of aliphatic imine (C=N–C) groups is 1. The smallest absolute Gasteiger partial charge is 0.250 e. The third kappa shape index (κ3) is 2.60. The molecule has 4 N–H and O–H groups in total. The second-order valence-electron chi connectivity index (χ2n) is 5.10. The third-order valence-corrected chi connectivity index (χ3v) is 3.56. The minimum Gasteiger partial charge on any atom is -0.491 e.